The number of benzene rings is 1. The predicted molar refractivity (Wildman–Crippen MR) is 86.5 cm³/mol. The maximum absolute atomic E-state index is 12.0. The molecule has 0 bridgehead atoms. The van der Waals surface area contributed by atoms with E-state index in [1.165, 1.54) is 0 Å². The van der Waals surface area contributed by atoms with Crippen molar-refractivity contribution in [2.45, 2.75) is 38.6 Å². The number of aryl methyl sites for hydroxylation is 1. The van der Waals surface area contributed by atoms with Gasteiger partial charge in [-0.15, -0.1) is 0 Å². The van der Waals surface area contributed by atoms with Crippen molar-refractivity contribution in [3.63, 3.8) is 0 Å². The van der Waals surface area contributed by atoms with Gasteiger partial charge in [0.25, 0.3) is 0 Å². The second-order valence-corrected chi connectivity index (χ2v) is 5.51. The molecule has 22 heavy (non-hydrogen) atoms. The van der Waals surface area contributed by atoms with E-state index in [9.17, 15) is 4.79 Å². The third-order valence-electron chi connectivity index (χ3n) is 3.87. The number of hydrogen-bond acceptors (Lipinski definition) is 4. The Kier molecular flexibility index (Phi) is 6.52. The maximum atomic E-state index is 12.0. The summed E-state index contributed by atoms with van der Waals surface area (Å²) in [5, 5.41) is 6.41. The van der Waals surface area contributed by atoms with Crippen LogP contribution in [0.5, 0.6) is 11.5 Å². The topological polar surface area (TPSA) is 59.6 Å². The highest BCUT2D eigenvalue weighted by atomic mass is 16.5. The average molecular weight is 306 g/mol. The lowest BCUT2D eigenvalue weighted by Crippen LogP contribution is -2.42. The van der Waals surface area contributed by atoms with E-state index in [-0.39, 0.29) is 5.91 Å². The Balaban J connectivity index is 1.83. The van der Waals surface area contributed by atoms with Crippen LogP contribution in [0.3, 0.4) is 0 Å². The number of piperidine rings is 1. The summed E-state index contributed by atoms with van der Waals surface area (Å²) in [6.07, 6.45) is 3.24. The molecule has 5 heteroatoms. The van der Waals surface area contributed by atoms with Crippen LogP contribution in [0.4, 0.5) is 0 Å². The van der Waals surface area contributed by atoms with E-state index in [4.69, 9.17) is 9.47 Å². The quantitative estimate of drug-likeness (QED) is 0.808. The summed E-state index contributed by atoms with van der Waals surface area (Å²) in [6.45, 7) is 4.52. The molecule has 0 radical (unpaired) electrons. The number of hydrogen-bond donors (Lipinski definition) is 2. The van der Waals surface area contributed by atoms with Crippen molar-refractivity contribution >= 4 is 5.91 Å². The number of carbonyl (C=O) groups excluding carboxylic acids is 1. The average Bonchev–Trinajstić information content (AvgIpc) is 2.55. The summed E-state index contributed by atoms with van der Waals surface area (Å²) < 4.78 is 10.8. The van der Waals surface area contributed by atoms with Crippen LogP contribution in [-0.4, -0.2) is 38.8 Å². The summed E-state index contributed by atoms with van der Waals surface area (Å²) in [5.41, 5.74) is 1.08. The largest absolute Gasteiger partial charge is 0.493 e. The van der Waals surface area contributed by atoms with Gasteiger partial charge in [-0.05, 0) is 57.0 Å². The molecule has 5 nitrogen and oxygen atoms in total. The molecule has 0 saturated carbocycles. The van der Waals surface area contributed by atoms with E-state index in [0.29, 0.717) is 25.5 Å². The Morgan fingerprint density at radius 3 is 2.77 bits per heavy atom. The molecule has 0 unspecified atom stereocenters. The van der Waals surface area contributed by atoms with Crippen LogP contribution in [0, 0.1) is 0 Å². The minimum absolute atomic E-state index is 0.125. The minimum Gasteiger partial charge on any atom is -0.493 e. The van der Waals surface area contributed by atoms with Gasteiger partial charge in [0.05, 0.1) is 13.7 Å². The summed E-state index contributed by atoms with van der Waals surface area (Å²) in [5.74, 6) is 1.59. The Bertz CT molecular complexity index is 485. The van der Waals surface area contributed by atoms with E-state index < -0.39 is 0 Å². The van der Waals surface area contributed by atoms with E-state index in [1.54, 1.807) is 7.11 Å². The highest BCUT2D eigenvalue weighted by Crippen LogP contribution is 2.28. The molecule has 1 fully saturated rings. The van der Waals surface area contributed by atoms with Gasteiger partial charge in [-0.3, -0.25) is 4.79 Å². The second kappa shape index (κ2) is 8.63. The molecule has 122 valence electrons. The smallest absolute Gasteiger partial charge is 0.220 e. The Hall–Kier alpha value is -1.75. The molecule has 1 aliphatic rings. The third kappa shape index (κ3) is 4.91. The monoisotopic (exact) mass is 306 g/mol. The number of rotatable bonds is 7. The number of ether oxygens (including phenoxy) is 2. The first-order valence-corrected chi connectivity index (χ1v) is 8.02. The number of amides is 1. The van der Waals surface area contributed by atoms with Gasteiger partial charge >= 0.3 is 0 Å². The van der Waals surface area contributed by atoms with E-state index >= 15 is 0 Å². The van der Waals surface area contributed by atoms with Gasteiger partial charge in [0.1, 0.15) is 0 Å². The number of carbonyl (C=O) groups is 1. The summed E-state index contributed by atoms with van der Waals surface area (Å²) in [7, 11) is 1.63. The molecule has 1 aromatic rings. The zero-order valence-electron chi connectivity index (χ0n) is 13.5. The zero-order valence-corrected chi connectivity index (χ0v) is 13.5. The number of nitrogens with one attached hydrogen (secondary N) is 2. The van der Waals surface area contributed by atoms with Crippen LogP contribution in [0.2, 0.25) is 0 Å². The van der Waals surface area contributed by atoms with Crippen LogP contribution in [0.25, 0.3) is 0 Å². The van der Waals surface area contributed by atoms with Gasteiger partial charge in [-0.25, -0.2) is 0 Å². The van der Waals surface area contributed by atoms with Crippen LogP contribution in [0.15, 0.2) is 18.2 Å². The highest BCUT2D eigenvalue weighted by Gasteiger charge is 2.15. The van der Waals surface area contributed by atoms with E-state index in [2.05, 4.69) is 10.6 Å². The summed E-state index contributed by atoms with van der Waals surface area (Å²) in [4.78, 5) is 12.0. The van der Waals surface area contributed by atoms with Gasteiger partial charge in [0, 0.05) is 12.5 Å². The first-order chi connectivity index (χ1) is 10.7. The third-order valence-corrected chi connectivity index (χ3v) is 3.87. The normalized spacial score (nSPS) is 15.4. The van der Waals surface area contributed by atoms with Gasteiger partial charge in [-0.2, -0.15) is 0 Å². The van der Waals surface area contributed by atoms with Gasteiger partial charge in [-0.1, -0.05) is 6.07 Å². The van der Waals surface area contributed by atoms with Crippen molar-refractivity contribution in [3.05, 3.63) is 23.8 Å². The molecule has 2 N–H and O–H groups in total. The SMILES string of the molecule is CCOc1ccc(CCC(=O)NC2CCNCC2)cc1OC. The first kappa shape index (κ1) is 16.6. The second-order valence-electron chi connectivity index (χ2n) is 5.51. The van der Waals surface area contributed by atoms with Crippen molar-refractivity contribution < 1.29 is 14.3 Å². The Morgan fingerprint density at radius 2 is 2.09 bits per heavy atom. The van der Waals surface area contributed by atoms with Crippen LogP contribution in [-0.2, 0) is 11.2 Å². The predicted octanol–water partition coefficient (Wildman–Crippen LogP) is 1.89. The molecule has 0 aromatic heterocycles. The molecule has 0 aliphatic carbocycles. The maximum Gasteiger partial charge on any atom is 0.220 e. The fraction of sp³-hybridized carbons (Fsp3) is 0.588. The molecule has 0 atom stereocenters. The van der Waals surface area contributed by atoms with E-state index in [0.717, 1.165) is 43.0 Å². The lowest BCUT2D eigenvalue weighted by molar-refractivity contribution is -0.121. The van der Waals surface area contributed by atoms with Gasteiger partial charge < -0.3 is 20.1 Å². The van der Waals surface area contributed by atoms with Crippen LogP contribution in [0.1, 0.15) is 31.7 Å². The molecule has 0 spiro atoms. The van der Waals surface area contributed by atoms with Crippen molar-refractivity contribution in [1.29, 1.82) is 0 Å². The minimum atomic E-state index is 0.125. The standard InChI is InChI=1S/C17H26N2O3/c1-3-22-15-6-4-13(12-16(15)21-2)5-7-17(20)19-14-8-10-18-11-9-14/h4,6,12,14,18H,3,5,7-11H2,1-2H3,(H,19,20). The van der Waals surface area contributed by atoms with Crippen molar-refractivity contribution in [2.75, 3.05) is 26.8 Å². The fourth-order valence-corrected chi connectivity index (χ4v) is 2.67. The van der Waals surface area contributed by atoms with Crippen molar-refractivity contribution in [2.24, 2.45) is 0 Å². The molecule has 2 rings (SSSR count). The molecular weight excluding hydrogens is 280 g/mol. The van der Waals surface area contributed by atoms with Gasteiger partial charge in [0.2, 0.25) is 5.91 Å². The molecule has 1 saturated heterocycles. The van der Waals surface area contributed by atoms with Crippen molar-refractivity contribution in [3.8, 4) is 11.5 Å². The molecule has 1 amide bonds. The fourth-order valence-electron chi connectivity index (χ4n) is 2.67. The van der Waals surface area contributed by atoms with Crippen LogP contribution >= 0.6 is 0 Å². The molecular formula is C17H26N2O3. The highest BCUT2D eigenvalue weighted by molar-refractivity contribution is 5.76. The molecule has 1 heterocycles. The number of methoxy groups -OCH3 is 1. The van der Waals surface area contributed by atoms with Gasteiger partial charge in [0.15, 0.2) is 11.5 Å². The Morgan fingerprint density at radius 1 is 1.32 bits per heavy atom. The lowest BCUT2D eigenvalue weighted by Gasteiger charge is -2.23. The van der Waals surface area contributed by atoms with E-state index in [1.807, 2.05) is 25.1 Å². The molecule has 1 aliphatic heterocycles. The Labute approximate surface area is 132 Å². The van der Waals surface area contributed by atoms with Crippen LogP contribution < -0.4 is 20.1 Å². The molecule has 1 aromatic carbocycles. The lowest BCUT2D eigenvalue weighted by atomic mass is 10.1. The summed E-state index contributed by atoms with van der Waals surface area (Å²) >= 11 is 0. The first-order valence-electron chi connectivity index (χ1n) is 8.02. The summed E-state index contributed by atoms with van der Waals surface area (Å²) in [6, 6.07) is 6.17. The van der Waals surface area contributed by atoms with Crippen molar-refractivity contribution in [1.82, 2.24) is 10.6 Å². The zero-order chi connectivity index (χ0) is 15.8.